The Balaban J connectivity index is 2.47. The summed E-state index contributed by atoms with van der Waals surface area (Å²) >= 11 is 5.37. The van der Waals surface area contributed by atoms with Gasteiger partial charge in [-0.25, -0.2) is 0 Å². The van der Waals surface area contributed by atoms with E-state index in [9.17, 15) is 4.79 Å². The molecule has 1 amide bonds. The Labute approximate surface area is 95.6 Å². The molecule has 0 bridgehead atoms. The van der Waals surface area contributed by atoms with Crippen molar-refractivity contribution in [3.8, 4) is 0 Å². The monoisotopic (exact) mass is 225 g/mol. The minimum absolute atomic E-state index is 0.0346. The number of aryl methyl sites for hydroxylation is 2. The first-order valence-corrected chi connectivity index (χ1v) is 5.55. The number of hydrogen-bond acceptors (Lipinski definition) is 1. The number of amides is 1. The van der Waals surface area contributed by atoms with Crippen molar-refractivity contribution in [2.45, 2.75) is 20.3 Å². The molecule has 0 aliphatic carbocycles. The Morgan fingerprint density at radius 2 is 1.87 bits per heavy atom. The number of hydrogen-bond donors (Lipinski definition) is 1. The van der Waals surface area contributed by atoms with E-state index in [1.165, 1.54) is 16.7 Å². The van der Waals surface area contributed by atoms with E-state index in [1.54, 1.807) is 0 Å². The maximum atomic E-state index is 10.9. The fourth-order valence-corrected chi connectivity index (χ4v) is 1.70. The van der Waals surface area contributed by atoms with Crippen molar-refractivity contribution in [2.75, 3.05) is 12.4 Å². The van der Waals surface area contributed by atoms with Crippen LogP contribution in [0.15, 0.2) is 18.2 Å². The lowest BCUT2D eigenvalue weighted by molar-refractivity contribution is -0.118. The number of rotatable bonds is 4. The first kappa shape index (κ1) is 12.1. The molecule has 2 nitrogen and oxygen atoms in total. The van der Waals surface area contributed by atoms with E-state index < -0.39 is 0 Å². The summed E-state index contributed by atoms with van der Waals surface area (Å²) in [5.74, 6) is -0.0756. The molecule has 0 saturated carbocycles. The van der Waals surface area contributed by atoms with Crippen LogP contribution >= 0.6 is 11.6 Å². The van der Waals surface area contributed by atoms with Crippen molar-refractivity contribution in [3.63, 3.8) is 0 Å². The summed E-state index contributed by atoms with van der Waals surface area (Å²) < 4.78 is 0. The van der Waals surface area contributed by atoms with E-state index in [0.717, 1.165) is 6.42 Å². The molecule has 0 spiro atoms. The minimum Gasteiger partial charge on any atom is -0.355 e. The quantitative estimate of drug-likeness (QED) is 0.783. The highest BCUT2D eigenvalue weighted by atomic mass is 35.5. The summed E-state index contributed by atoms with van der Waals surface area (Å²) in [4.78, 5) is 10.9. The minimum atomic E-state index is -0.110. The number of nitrogens with one attached hydrogen (secondary N) is 1. The Morgan fingerprint density at radius 1 is 1.27 bits per heavy atom. The van der Waals surface area contributed by atoms with Gasteiger partial charge in [0.25, 0.3) is 0 Å². The molecule has 15 heavy (non-hydrogen) atoms. The van der Waals surface area contributed by atoms with Gasteiger partial charge in [-0.15, -0.1) is 11.6 Å². The largest absolute Gasteiger partial charge is 0.355 e. The van der Waals surface area contributed by atoms with Gasteiger partial charge in [0.2, 0.25) is 5.91 Å². The maximum Gasteiger partial charge on any atom is 0.234 e. The van der Waals surface area contributed by atoms with Gasteiger partial charge < -0.3 is 5.32 Å². The molecule has 0 unspecified atom stereocenters. The molecular formula is C12H16ClNO. The van der Waals surface area contributed by atoms with Gasteiger partial charge in [0.05, 0.1) is 0 Å². The first-order valence-electron chi connectivity index (χ1n) is 5.01. The number of carbonyl (C=O) groups excluding carboxylic acids is 1. The summed E-state index contributed by atoms with van der Waals surface area (Å²) in [5.41, 5.74) is 3.77. The Morgan fingerprint density at radius 3 is 2.40 bits per heavy atom. The fraction of sp³-hybridized carbons (Fsp3) is 0.417. The second-order valence-electron chi connectivity index (χ2n) is 3.73. The highest BCUT2D eigenvalue weighted by Crippen LogP contribution is 2.08. The van der Waals surface area contributed by atoms with E-state index in [0.29, 0.717) is 6.54 Å². The summed E-state index contributed by atoms with van der Waals surface area (Å²) in [6.45, 7) is 4.80. The topological polar surface area (TPSA) is 29.1 Å². The van der Waals surface area contributed by atoms with Crippen LogP contribution in [0.5, 0.6) is 0 Å². The van der Waals surface area contributed by atoms with Gasteiger partial charge in [-0.3, -0.25) is 4.79 Å². The molecular weight excluding hydrogens is 210 g/mol. The van der Waals surface area contributed by atoms with Gasteiger partial charge in [-0.2, -0.15) is 0 Å². The number of alkyl halides is 1. The average Bonchev–Trinajstić information content (AvgIpc) is 2.16. The molecule has 0 radical (unpaired) electrons. The first-order chi connectivity index (χ1) is 7.11. The van der Waals surface area contributed by atoms with Crippen LogP contribution in [0.2, 0.25) is 0 Å². The lowest BCUT2D eigenvalue weighted by atomic mass is 10.1. The zero-order chi connectivity index (χ0) is 11.3. The van der Waals surface area contributed by atoms with E-state index in [2.05, 4.69) is 37.4 Å². The number of halogens is 1. The zero-order valence-corrected chi connectivity index (χ0v) is 9.90. The third-order valence-corrected chi connectivity index (χ3v) is 2.38. The van der Waals surface area contributed by atoms with Crippen molar-refractivity contribution < 1.29 is 4.79 Å². The molecule has 1 rings (SSSR count). The lowest BCUT2D eigenvalue weighted by Gasteiger charge is -2.05. The molecule has 1 aromatic carbocycles. The van der Waals surface area contributed by atoms with Gasteiger partial charge in [0.15, 0.2) is 0 Å². The van der Waals surface area contributed by atoms with Crippen molar-refractivity contribution in [1.29, 1.82) is 0 Å². The Bertz CT molecular complexity index is 329. The predicted molar refractivity (Wildman–Crippen MR) is 63.3 cm³/mol. The molecule has 3 heteroatoms. The third-order valence-electron chi connectivity index (χ3n) is 2.14. The maximum absolute atomic E-state index is 10.9. The highest BCUT2D eigenvalue weighted by molar-refractivity contribution is 6.27. The van der Waals surface area contributed by atoms with Gasteiger partial charge in [0, 0.05) is 6.54 Å². The van der Waals surface area contributed by atoms with Crippen LogP contribution in [0.25, 0.3) is 0 Å². The van der Waals surface area contributed by atoms with Gasteiger partial charge >= 0.3 is 0 Å². The molecule has 82 valence electrons. The van der Waals surface area contributed by atoms with Crippen LogP contribution in [0, 0.1) is 13.8 Å². The fourth-order valence-electron chi connectivity index (χ4n) is 1.61. The molecule has 0 aliphatic rings. The summed E-state index contributed by atoms with van der Waals surface area (Å²) in [7, 11) is 0. The summed E-state index contributed by atoms with van der Waals surface area (Å²) in [6, 6.07) is 6.42. The van der Waals surface area contributed by atoms with Gasteiger partial charge in [-0.05, 0) is 25.8 Å². The lowest BCUT2D eigenvalue weighted by Crippen LogP contribution is -2.26. The average molecular weight is 226 g/mol. The van der Waals surface area contributed by atoms with E-state index in [4.69, 9.17) is 11.6 Å². The second kappa shape index (κ2) is 5.76. The molecule has 1 N–H and O–H groups in total. The van der Waals surface area contributed by atoms with Crippen LogP contribution in [0.3, 0.4) is 0 Å². The Hall–Kier alpha value is -1.02. The van der Waals surface area contributed by atoms with Crippen LogP contribution in [0.4, 0.5) is 0 Å². The molecule has 0 fully saturated rings. The SMILES string of the molecule is Cc1cc(C)cc(CCNC(=O)CCl)c1. The van der Waals surface area contributed by atoms with Crippen LogP contribution in [-0.2, 0) is 11.2 Å². The number of benzene rings is 1. The highest BCUT2D eigenvalue weighted by Gasteiger charge is 1.99. The molecule has 0 atom stereocenters. The van der Waals surface area contributed by atoms with Crippen molar-refractivity contribution in [2.24, 2.45) is 0 Å². The van der Waals surface area contributed by atoms with Crippen LogP contribution < -0.4 is 5.32 Å². The van der Waals surface area contributed by atoms with Gasteiger partial charge in [-0.1, -0.05) is 29.3 Å². The zero-order valence-electron chi connectivity index (χ0n) is 9.14. The van der Waals surface area contributed by atoms with Crippen molar-refractivity contribution >= 4 is 17.5 Å². The van der Waals surface area contributed by atoms with Crippen LogP contribution in [0.1, 0.15) is 16.7 Å². The van der Waals surface area contributed by atoms with Crippen LogP contribution in [-0.4, -0.2) is 18.3 Å². The standard InChI is InChI=1S/C12H16ClNO/c1-9-5-10(2)7-11(6-9)3-4-14-12(15)8-13/h5-7H,3-4,8H2,1-2H3,(H,14,15). The van der Waals surface area contributed by atoms with E-state index in [1.807, 2.05) is 0 Å². The normalized spacial score (nSPS) is 10.1. The van der Waals surface area contributed by atoms with E-state index >= 15 is 0 Å². The second-order valence-corrected chi connectivity index (χ2v) is 4.00. The summed E-state index contributed by atoms with van der Waals surface area (Å²) in [6.07, 6.45) is 0.852. The molecule has 1 aromatic rings. The molecule has 0 saturated heterocycles. The number of carbonyl (C=O) groups is 1. The van der Waals surface area contributed by atoms with Crippen molar-refractivity contribution in [3.05, 3.63) is 34.9 Å². The third kappa shape index (κ3) is 4.34. The Kier molecular flexibility index (Phi) is 4.63. The van der Waals surface area contributed by atoms with E-state index in [-0.39, 0.29) is 11.8 Å². The summed E-state index contributed by atoms with van der Waals surface area (Å²) in [5, 5.41) is 2.75. The predicted octanol–water partition coefficient (Wildman–Crippen LogP) is 2.20. The van der Waals surface area contributed by atoms with Crippen molar-refractivity contribution in [1.82, 2.24) is 5.32 Å². The smallest absolute Gasteiger partial charge is 0.234 e. The molecule has 0 aliphatic heterocycles. The molecule has 0 heterocycles. The van der Waals surface area contributed by atoms with Gasteiger partial charge in [0.1, 0.15) is 5.88 Å². The molecule has 0 aromatic heterocycles.